The van der Waals surface area contributed by atoms with E-state index in [1.807, 2.05) is 0 Å². The smallest absolute Gasteiger partial charge is 0.354 e. The lowest BCUT2D eigenvalue weighted by molar-refractivity contribution is -0.137. The molecule has 3 heterocycles. The number of amides is 3. The van der Waals surface area contributed by atoms with Crippen LogP contribution in [0.1, 0.15) is 40.2 Å². The van der Waals surface area contributed by atoms with Crippen LogP contribution in [0.3, 0.4) is 0 Å². The predicted molar refractivity (Wildman–Crippen MR) is 138 cm³/mol. The summed E-state index contributed by atoms with van der Waals surface area (Å²) >= 11 is 0. The molecular weight excluding hydrogens is 530 g/mol. The van der Waals surface area contributed by atoms with E-state index in [9.17, 15) is 31.9 Å². The Kier molecular flexibility index (Phi) is 8.13. The van der Waals surface area contributed by atoms with Gasteiger partial charge in [-0.2, -0.15) is 13.2 Å². The number of anilines is 2. The van der Waals surface area contributed by atoms with E-state index in [2.05, 4.69) is 27.1 Å². The minimum absolute atomic E-state index is 0.0352. The highest BCUT2D eigenvalue weighted by Gasteiger charge is 2.41. The molecule has 8 nitrogen and oxygen atoms in total. The summed E-state index contributed by atoms with van der Waals surface area (Å²) in [4.78, 5) is 48.6. The number of pyridine rings is 2. The molecule has 40 heavy (non-hydrogen) atoms. The Morgan fingerprint density at radius 2 is 1.88 bits per heavy atom. The summed E-state index contributed by atoms with van der Waals surface area (Å²) in [5.41, 5.74) is -0.0198. The second-order valence-electron chi connectivity index (χ2n) is 8.89. The van der Waals surface area contributed by atoms with Gasteiger partial charge in [-0.1, -0.05) is 11.8 Å². The van der Waals surface area contributed by atoms with Crippen molar-refractivity contribution in [3.05, 3.63) is 83.1 Å². The molecule has 1 N–H and O–H groups in total. The number of halogens is 4. The average molecular weight is 554 g/mol. The highest BCUT2D eigenvalue weighted by Crippen LogP contribution is 2.34. The summed E-state index contributed by atoms with van der Waals surface area (Å²) in [7, 11) is 1.47. The minimum atomic E-state index is -4.67. The first-order chi connectivity index (χ1) is 19.0. The molecule has 1 fully saturated rings. The molecule has 1 aromatic carbocycles. The van der Waals surface area contributed by atoms with Crippen molar-refractivity contribution in [2.24, 2.45) is 0 Å². The largest absolute Gasteiger partial charge is 0.416 e. The Morgan fingerprint density at radius 3 is 2.50 bits per heavy atom. The van der Waals surface area contributed by atoms with Crippen molar-refractivity contribution < 1.29 is 31.9 Å². The van der Waals surface area contributed by atoms with Crippen LogP contribution in [0.4, 0.5) is 29.1 Å². The number of nitrogens with zero attached hydrogens (tertiary/aromatic N) is 4. The zero-order valence-electron chi connectivity index (χ0n) is 21.4. The van der Waals surface area contributed by atoms with E-state index in [0.29, 0.717) is 5.56 Å². The maximum atomic E-state index is 13.8. The monoisotopic (exact) mass is 553 g/mol. The van der Waals surface area contributed by atoms with Crippen LogP contribution in [0.5, 0.6) is 0 Å². The second-order valence-corrected chi connectivity index (χ2v) is 8.89. The first-order valence-electron chi connectivity index (χ1n) is 12.1. The van der Waals surface area contributed by atoms with Gasteiger partial charge in [0.1, 0.15) is 23.4 Å². The SMILES string of the molecule is CNC(=O)c1ccc(C#CCN(C(=O)[C@@H]2CCC(=O)N2c2cc(C(F)(F)F)cc(C)n2)c2ccc(F)cc2)cn1. The van der Waals surface area contributed by atoms with Crippen molar-refractivity contribution in [2.45, 2.75) is 32.0 Å². The molecule has 1 saturated heterocycles. The third-order valence-electron chi connectivity index (χ3n) is 6.11. The fraction of sp³-hybridized carbons (Fsp3) is 0.250. The van der Waals surface area contributed by atoms with E-state index in [0.717, 1.165) is 29.2 Å². The molecule has 0 saturated carbocycles. The van der Waals surface area contributed by atoms with Gasteiger partial charge in [0.05, 0.1) is 12.1 Å². The zero-order valence-corrected chi connectivity index (χ0v) is 21.4. The number of benzene rings is 1. The number of hydrogen-bond acceptors (Lipinski definition) is 5. The summed E-state index contributed by atoms with van der Waals surface area (Å²) in [6.07, 6.45) is -3.31. The molecule has 206 valence electrons. The first kappa shape index (κ1) is 28.2. The third kappa shape index (κ3) is 6.26. The Labute approximate surface area is 227 Å². The van der Waals surface area contributed by atoms with Gasteiger partial charge >= 0.3 is 6.18 Å². The van der Waals surface area contributed by atoms with Gasteiger partial charge in [0, 0.05) is 36.6 Å². The number of carbonyl (C=O) groups excluding carboxylic acids is 3. The second kappa shape index (κ2) is 11.5. The van der Waals surface area contributed by atoms with Crippen molar-refractivity contribution in [3.63, 3.8) is 0 Å². The molecule has 0 aliphatic carbocycles. The number of rotatable bonds is 5. The van der Waals surface area contributed by atoms with Gasteiger partial charge in [0.15, 0.2) is 0 Å². The van der Waals surface area contributed by atoms with E-state index in [-0.39, 0.29) is 48.2 Å². The van der Waals surface area contributed by atoms with Gasteiger partial charge in [-0.3, -0.25) is 24.2 Å². The lowest BCUT2D eigenvalue weighted by atomic mass is 10.1. The molecule has 1 aliphatic rings. The van der Waals surface area contributed by atoms with Crippen LogP contribution < -0.4 is 15.1 Å². The summed E-state index contributed by atoms with van der Waals surface area (Å²) < 4.78 is 54.0. The first-order valence-corrected chi connectivity index (χ1v) is 12.1. The van der Waals surface area contributed by atoms with Crippen LogP contribution >= 0.6 is 0 Å². The van der Waals surface area contributed by atoms with Crippen LogP contribution in [-0.4, -0.2) is 47.3 Å². The number of alkyl halides is 3. The van der Waals surface area contributed by atoms with Gasteiger partial charge in [0.2, 0.25) is 5.91 Å². The summed E-state index contributed by atoms with van der Waals surface area (Å²) in [6, 6.07) is 8.55. The van der Waals surface area contributed by atoms with E-state index in [4.69, 9.17) is 0 Å². The quantitative estimate of drug-likeness (QED) is 0.382. The molecule has 1 atom stereocenters. The van der Waals surface area contributed by atoms with Crippen molar-refractivity contribution in [1.82, 2.24) is 15.3 Å². The van der Waals surface area contributed by atoms with Crippen LogP contribution in [0.15, 0.2) is 54.7 Å². The van der Waals surface area contributed by atoms with E-state index in [1.54, 1.807) is 6.07 Å². The molecule has 0 bridgehead atoms. The molecule has 4 rings (SSSR count). The number of carbonyl (C=O) groups is 3. The lowest BCUT2D eigenvalue weighted by Gasteiger charge is -2.29. The van der Waals surface area contributed by atoms with E-state index >= 15 is 0 Å². The molecular formula is C28H23F4N5O3. The average Bonchev–Trinajstić information content (AvgIpc) is 3.32. The number of nitrogens with one attached hydrogen (secondary N) is 1. The summed E-state index contributed by atoms with van der Waals surface area (Å²) in [5.74, 6) is 3.34. The minimum Gasteiger partial charge on any atom is -0.354 e. The van der Waals surface area contributed by atoms with Gasteiger partial charge in [-0.15, -0.1) is 0 Å². The molecule has 1 aliphatic heterocycles. The molecule has 3 amide bonds. The predicted octanol–water partition coefficient (Wildman–Crippen LogP) is 3.88. The number of hydrogen-bond donors (Lipinski definition) is 1. The van der Waals surface area contributed by atoms with Gasteiger partial charge < -0.3 is 5.32 Å². The normalized spacial score (nSPS) is 14.9. The van der Waals surface area contributed by atoms with Crippen LogP contribution in [0, 0.1) is 24.6 Å². The highest BCUT2D eigenvalue weighted by atomic mass is 19.4. The van der Waals surface area contributed by atoms with Gasteiger partial charge in [-0.25, -0.2) is 14.4 Å². The zero-order chi connectivity index (χ0) is 29.0. The van der Waals surface area contributed by atoms with Crippen molar-refractivity contribution >= 4 is 29.2 Å². The summed E-state index contributed by atoms with van der Waals surface area (Å²) in [6.45, 7) is 1.18. The molecule has 12 heteroatoms. The van der Waals surface area contributed by atoms with Crippen molar-refractivity contribution in [1.29, 1.82) is 0 Å². The maximum Gasteiger partial charge on any atom is 0.416 e. The van der Waals surface area contributed by atoms with Gasteiger partial charge in [0.25, 0.3) is 11.8 Å². The molecule has 2 aromatic heterocycles. The van der Waals surface area contributed by atoms with Crippen LogP contribution in [0.25, 0.3) is 0 Å². The highest BCUT2D eigenvalue weighted by molar-refractivity contribution is 6.08. The van der Waals surface area contributed by atoms with Crippen LogP contribution in [0.2, 0.25) is 0 Å². The molecule has 0 radical (unpaired) electrons. The van der Waals surface area contributed by atoms with Crippen molar-refractivity contribution in [3.8, 4) is 11.8 Å². The fourth-order valence-electron chi connectivity index (χ4n) is 4.19. The fourth-order valence-corrected chi connectivity index (χ4v) is 4.19. The standard InChI is InChI=1S/C28H23F4N5O3/c1-17-14-19(28(30,31)32)15-24(35-17)37-23(11-12-25(37)38)27(40)36(21-8-6-20(29)7-9-21)13-3-4-18-5-10-22(34-16-18)26(39)33-2/h5-10,14-16,23H,11-13H2,1-2H3,(H,33,39)/t23-/m0/s1. The molecule has 3 aromatic rings. The van der Waals surface area contributed by atoms with E-state index in [1.165, 1.54) is 43.3 Å². The molecule has 0 spiro atoms. The Hall–Kier alpha value is -4.79. The van der Waals surface area contributed by atoms with E-state index < -0.39 is 35.4 Å². The lowest BCUT2D eigenvalue weighted by Crippen LogP contribution is -2.47. The number of aryl methyl sites for hydroxylation is 1. The maximum absolute atomic E-state index is 13.8. The Balaban J connectivity index is 1.65. The molecule has 0 unspecified atom stereocenters. The van der Waals surface area contributed by atoms with Crippen molar-refractivity contribution in [2.75, 3.05) is 23.4 Å². The Morgan fingerprint density at radius 1 is 1.15 bits per heavy atom. The Bertz CT molecular complexity index is 1500. The summed E-state index contributed by atoms with van der Waals surface area (Å²) in [5, 5.41) is 2.46. The topological polar surface area (TPSA) is 95.5 Å². The van der Waals surface area contributed by atoms with Gasteiger partial charge in [-0.05, 0) is 61.9 Å². The number of aromatic nitrogens is 2. The van der Waals surface area contributed by atoms with Crippen LogP contribution in [-0.2, 0) is 15.8 Å². The third-order valence-corrected chi connectivity index (χ3v) is 6.11.